The van der Waals surface area contributed by atoms with Crippen molar-refractivity contribution in [1.29, 1.82) is 0 Å². The summed E-state index contributed by atoms with van der Waals surface area (Å²) in [5.74, 6) is 0. The summed E-state index contributed by atoms with van der Waals surface area (Å²) in [6.07, 6.45) is 0. The Morgan fingerprint density at radius 3 is 1.73 bits per heavy atom. The van der Waals surface area contributed by atoms with Crippen molar-refractivity contribution < 1.29 is 32.7 Å². The van der Waals surface area contributed by atoms with Gasteiger partial charge in [0.25, 0.3) is 0 Å². The molecule has 1 rings (SSSR count). The van der Waals surface area contributed by atoms with Crippen molar-refractivity contribution in [3.63, 3.8) is 0 Å². The van der Waals surface area contributed by atoms with Crippen LogP contribution in [-0.2, 0) is 32.7 Å². The maximum Gasteiger partial charge on any atom is 3.00 e. The van der Waals surface area contributed by atoms with Gasteiger partial charge < -0.3 is 0 Å². The van der Waals surface area contributed by atoms with Gasteiger partial charge in [0.1, 0.15) is 0 Å². The number of hydrogen-bond donors (Lipinski definition) is 0. The van der Waals surface area contributed by atoms with E-state index in [0.29, 0.717) is 0 Å². The molecule has 0 atom stereocenters. The molecule has 0 fully saturated rings. The Labute approximate surface area is 94.3 Å². The molecule has 0 heterocycles. The zero-order valence-electron chi connectivity index (χ0n) is 7.44. The first kappa shape index (κ1) is 11.2. The Balaban J connectivity index is 0.000001000. The van der Waals surface area contributed by atoms with Crippen molar-refractivity contribution in [3.8, 4) is 0 Å². The monoisotopic (exact) mass is 222 g/mol. The van der Waals surface area contributed by atoms with Crippen molar-refractivity contribution in [2.24, 2.45) is 0 Å². The van der Waals surface area contributed by atoms with Crippen molar-refractivity contribution in [2.45, 2.75) is 20.8 Å². The molecule has 0 aliphatic rings. The molecule has 0 saturated carbocycles. The van der Waals surface area contributed by atoms with E-state index in [1.54, 1.807) is 0 Å². The van der Waals surface area contributed by atoms with Crippen LogP contribution in [0.1, 0.15) is 22.3 Å². The predicted molar refractivity (Wildman–Crippen MR) is 45.1 cm³/mol. The van der Waals surface area contributed by atoms with Gasteiger partial charge in [0.15, 0.2) is 0 Å². The SMILES string of the molecule is [CH2-]c1c(C)cc(C)cc1C.[Y+3]. The average molecular weight is 222 g/mol. The summed E-state index contributed by atoms with van der Waals surface area (Å²) in [6, 6.07) is 4.32. The van der Waals surface area contributed by atoms with Crippen molar-refractivity contribution >= 4 is 0 Å². The number of hydrogen-bond acceptors (Lipinski definition) is 0. The normalized spacial score (nSPS) is 9.00. The van der Waals surface area contributed by atoms with Crippen LogP contribution in [0.5, 0.6) is 0 Å². The van der Waals surface area contributed by atoms with Gasteiger partial charge in [-0.25, -0.2) is 0 Å². The van der Waals surface area contributed by atoms with Gasteiger partial charge >= 0.3 is 32.7 Å². The number of benzene rings is 1. The van der Waals surface area contributed by atoms with E-state index < -0.39 is 0 Å². The maximum atomic E-state index is 3.96. The van der Waals surface area contributed by atoms with Crippen LogP contribution in [0.3, 0.4) is 0 Å². The van der Waals surface area contributed by atoms with E-state index in [1.807, 2.05) is 0 Å². The molecule has 0 bridgehead atoms. The molecule has 0 saturated heterocycles. The number of rotatable bonds is 0. The van der Waals surface area contributed by atoms with E-state index in [1.165, 1.54) is 22.3 Å². The number of aryl methyl sites for hydroxylation is 3. The Kier molecular flexibility index (Phi) is 4.35. The summed E-state index contributed by atoms with van der Waals surface area (Å²) in [4.78, 5) is 0. The van der Waals surface area contributed by atoms with Crippen LogP contribution in [0.25, 0.3) is 0 Å². The third-order valence-corrected chi connectivity index (χ3v) is 1.84. The maximum absolute atomic E-state index is 3.96. The molecule has 0 aliphatic carbocycles. The Hall–Kier alpha value is 0.194. The summed E-state index contributed by atoms with van der Waals surface area (Å²) in [5, 5.41) is 0. The Morgan fingerprint density at radius 2 is 1.36 bits per heavy atom. The van der Waals surface area contributed by atoms with Crippen LogP contribution >= 0.6 is 0 Å². The van der Waals surface area contributed by atoms with E-state index in [9.17, 15) is 0 Å². The zero-order valence-corrected chi connectivity index (χ0v) is 10.3. The van der Waals surface area contributed by atoms with Gasteiger partial charge in [-0.1, -0.05) is 19.4 Å². The molecule has 1 aromatic rings. The Morgan fingerprint density at radius 1 is 1.00 bits per heavy atom. The average Bonchev–Trinajstić information content (AvgIpc) is 1.82. The molecule has 0 spiro atoms. The van der Waals surface area contributed by atoms with Crippen molar-refractivity contribution in [1.82, 2.24) is 0 Å². The first-order chi connectivity index (χ1) is 4.61. The minimum atomic E-state index is 0. The largest absolute Gasteiger partial charge is 3.00 e. The quantitative estimate of drug-likeness (QED) is 0.592. The molecular weight excluding hydrogens is 209 g/mol. The van der Waals surface area contributed by atoms with Gasteiger partial charge in [0.2, 0.25) is 0 Å². The van der Waals surface area contributed by atoms with Gasteiger partial charge in [-0.15, -0.1) is 12.1 Å². The summed E-state index contributed by atoms with van der Waals surface area (Å²) < 4.78 is 0. The van der Waals surface area contributed by atoms with E-state index >= 15 is 0 Å². The summed E-state index contributed by atoms with van der Waals surface area (Å²) in [6.45, 7) is 10.3. The minimum absolute atomic E-state index is 0. The smallest absolute Gasteiger partial charge is 0.198 e. The molecular formula is C10H13Y+2. The van der Waals surface area contributed by atoms with Crippen LogP contribution in [0.2, 0.25) is 0 Å². The third-order valence-electron chi connectivity index (χ3n) is 1.84. The van der Waals surface area contributed by atoms with Crippen LogP contribution in [0.4, 0.5) is 0 Å². The fourth-order valence-corrected chi connectivity index (χ4v) is 1.21. The molecule has 0 N–H and O–H groups in total. The summed E-state index contributed by atoms with van der Waals surface area (Å²) in [5.41, 5.74) is 5.07. The molecule has 1 aromatic carbocycles. The fraction of sp³-hybridized carbons (Fsp3) is 0.300. The van der Waals surface area contributed by atoms with Gasteiger partial charge in [0.05, 0.1) is 0 Å². The molecule has 0 radical (unpaired) electrons. The standard InChI is InChI=1S/C10H13.Y/c1-7-5-8(2)10(4)9(3)6-7;/h5-6H,4H2,1-3H3;/q-1;+3. The first-order valence-electron chi connectivity index (χ1n) is 3.51. The van der Waals surface area contributed by atoms with Crippen LogP contribution in [0.15, 0.2) is 12.1 Å². The zero-order chi connectivity index (χ0) is 7.72. The van der Waals surface area contributed by atoms with Gasteiger partial charge in [-0.2, -0.15) is 23.6 Å². The predicted octanol–water partition coefficient (Wildman–Crippen LogP) is 2.79. The summed E-state index contributed by atoms with van der Waals surface area (Å²) in [7, 11) is 0. The fourth-order valence-electron chi connectivity index (χ4n) is 1.21. The molecule has 1 heteroatoms. The van der Waals surface area contributed by atoms with E-state index in [0.717, 1.165) is 0 Å². The second-order valence-electron chi connectivity index (χ2n) is 2.88. The molecule has 0 aliphatic heterocycles. The molecule has 0 unspecified atom stereocenters. The molecule has 0 amide bonds. The molecule has 11 heavy (non-hydrogen) atoms. The topological polar surface area (TPSA) is 0 Å². The first-order valence-corrected chi connectivity index (χ1v) is 3.51. The van der Waals surface area contributed by atoms with Crippen molar-refractivity contribution in [2.75, 3.05) is 0 Å². The third kappa shape index (κ3) is 2.61. The second-order valence-corrected chi connectivity index (χ2v) is 2.88. The van der Waals surface area contributed by atoms with E-state index in [2.05, 4.69) is 39.8 Å². The van der Waals surface area contributed by atoms with Crippen LogP contribution in [-0.4, -0.2) is 0 Å². The van der Waals surface area contributed by atoms with Crippen LogP contribution in [0, 0.1) is 27.7 Å². The van der Waals surface area contributed by atoms with Crippen LogP contribution < -0.4 is 0 Å². The van der Waals surface area contributed by atoms with Gasteiger partial charge in [-0.3, -0.25) is 0 Å². The second kappa shape index (κ2) is 4.28. The van der Waals surface area contributed by atoms with E-state index in [-0.39, 0.29) is 32.7 Å². The molecule has 0 aromatic heterocycles. The van der Waals surface area contributed by atoms with Gasteiger partial charge in [-0.05, 0) is 6.92 Å². The van der Waals surface area contributed by atoms with E-state index in [4.69, 9.17) is 0 Å². The molecule has 54 valence electrons. The van der Waals surface area contributed by atoms with Gasteiger partial charge in [0, 0.05) is 0 Å². The Bertz CT molecular complexity index is 228. The summed E-state index contributed by atoms with van der Waals surface area (Å²) >= 11 is 0. The minimum Gasteiger partial charge on any atom is -0.198 e. The van der Waals surface area contributed by atoms with Crippen molar-refractivity contribution in [3.05, 3.63) is 41.3 Å². The molecule has 0 nitrogen and oxygen atoms in total.